The number of hydrogen-bond acceptors (Lipinski definition) is 4. The molecule has 1 aromatic heterocycles. The molecule has 2 N–H and O–H groups in total. The summed E-state index contributed by atoms with van der Waals surface area (Å²) in [5, 5.41) is 17.9. The van der Waals surface area contributed by atoms with Gasteiger partial charge in [-0.15, -0.1) is 11.3 Å². The standard InChI is InChI=1S/C21H23Br2N3OS/c1-13(2)9-17(20(27)26-21(12-24)7-8-21)25-19(18-10-16(23)11-28-18)14-3-5-15(22)6-4-14/h3-6,10-11,13,17,19,25H,7-9H2,1-2H3,(H,26,27)/t17?,19-/m0/s1. The third kappa shape index (κ3) is 5.44. The molecule has 0 aliphatic heterocycles. The Balaban J connectivity index is 1.87. The molecule has 1 aromatic carbocycles. The molecule has 3 rings (SSSR count). The monoisotopic (exact) mass is 523 g/mol. The highest BCUT2D eigenvalue weighted by Crippen LogP contribution is 2.35. The van der Waals surface area contributed by atoms with E-state index < -0.39 is 5.54 Å². The molecule has 1 heterocycles. The molecule has 4 nitrogen and oxygen atoms in total. The lowest BCUT2D eigenvalue weighted by Gasteiger charge is -2.27. The molecule has 2 aromatic rings. The van der Waals surface area contributed by atoms with Crippen LogP contribution in [-0.4, -0.2) is 17.5 Å². The number of nitrogens with zero attached hydrogens (tertiary/aromatic N) is 1. The Morgan fingerprint density at radius 3 is 2.43 bits per heavy atom. The third-order valence-corrected chi connectivity index (χ3v) is 7.08. The fraction of sp³-hybridized carbons (Fsp3) is 0.429. The maximum atomic E-state index is 13.0. The first-order valence-corrected chi connectivity index (χ1v) is 11.8. The summed E-state index contributed by atoms with van der Waals surface area (Å²) < 4.78 is 2.05. The second kappa shape index (κ2) is 9.08. The van der Waals surface area contributed by atoms with Crippen molar-refractivity contribution < 1.29 is 4.79 Å². The van der Waals surface area contributed by atoms with Gasteiger partial charge in [0.1, 0.15) is 5.54 Å². The van der Waals surface area contributed by atoms with Crippen LogP contribution in [0, 0.1) is 17.2 Å². The van der Waals surface area contributed by atoms with Crippen molar-refractivity contribution in [2.75, 3.05) is 0 Å². The van der Waals surface area contributed by atoms with Gasteiger partial charge in [0.2, 0.25) is 5.91 Å². The number of nitriles is 1. The van der Waals surface area contributed by atoms with Crippen LogP contribution in [0.1, 0.15) is 49.6 Å². The van der Waals surface area contributed by atoms with Crippen LogP contribution in [0.5, 0.6) is 0 Å². The number of hydrogen-bond donors (Lipinski definition) is 2. The molecule has 0 saturated heterocycles. The fourth-order valence-electron chi connectivity index (χ4n) is 3.11. The van der Waals surface area contributed by atoms with Gasteiger partial charge < -0.3 is 5.32 Å². The first-order valence-electron chi connectivity index (χ1n) is 9.30. The van der Waals surface area contributed by atoms with Crippen LogP contribution in [-0.2, 0) is 4.79 Å². The number of thiophene rings is 1. The van der Waals surface area contributed by atoms with Crippen LogP contribution in [0.2, 0.25) is 0 Å². The van der Waals surface area contributed by atoms with Gasteiger partial charge in [-0.25, -0.2) is 0 Å². The van der Waals surface area contributed by atoms with E-state index in [9.17, 15) is 10.1 Å². The summed E-state index contributed by atoms with van der Waals surface area (Å²) in [6, 6.07) is 12.0. The molecule has 28 heavy (non-hydrogen) atoms. The predicted molar refractivity (Wildman–Crippen MR) is 120 cm³/mol. The van der Waals surface area contributed by atoms with E-state index in [0.29, 0.717) is 12.3 Å². The van der Waals surface area contributed by atoms with Gasteiger partial charge in [-0.3, -0.25) is 10.1 Å². The molecule has 1 aliphatic rings. The van der Waals surface area contributed by atoms with Crippen molar-refractivity contribution in [1.29, 1.82) is 5.26 Å². The van der Waals surface area contributed by atoms with Crippen LogP contribution in [0.3, 0.4) is 0 Å². The van der Waals surface area contributed by atoms with Crippen LogP contribution < -0.4 is 10.6 Å². The van der Waals surface area contributed by atoms with E-state index in [2.05, 4.69) is 86.0 Å². The average Bonchev–Trinajstić information content (AvgIpc) is 3.30. The number of benzene rings is 1. The van der Waals surface area contributed by atoms with Gasteiger partial charge in [0.15, 0.2) is 0 Å². The van der Waals surface area contributed by atoms with Gasteiger partial charge in [0, 0.05) is 19.2 Å². The number of carbonyl (C=O) groups excluding carboxylic acids is 1. The van der Waals surface area contributed by atoms with Crippen molar-refractivity contribution in [3.8, 4) is 6.07 Å². The molecule has 1 fully saturated rings. The van der Waals surface area contributed by atoms with Gasteiger partial charge >= 0.3 is 0 Å². The topological polar surface area (TPSA) is 64.9 Å². The van der Waals surface area contributed by atoms with Crippen molar-refractivity contribution in [3.63, 3.8) is 0 Å². The zero-order chi connectivity index (χ0) is 20.3. The molecule has 7 heteroatoms. The number of carbonyl (C=O) groups is 1. The maximum Gasteiger partial charge on any atom is 0.238 e. The highest BCUT2D eigenvalue weighted by atomic mass is 79.9. The van der Waals surface area contributed by atoms with E-state index >= 15 is 0 Å². The number of halogens is 2. The Morgan fingerprint density at radius 1 is 1.25 bits per heavy atom. The van der Waals surface area contributed by atoms with E-state index in [-0.39, 0.29) is 18.0 Å². The normalized spacial score (nSPS) is 17.0. The second-order valence-electron chi connectivity index (χ2n) is 7.68. The highest BCUT2D eigenvalue weighted by Gasteiger charge is 2.45. The lowest BCUT2D eigenvalue weighted by molar-refractivity contribution is -0.124. The van der Waals surface area contributed by atoms with Crippen molar-refractivity contribution in [2.45, 2.75) is 50.7 Å². The third-order valence-electron chi connectivity index (χ3n) is 4.79. The first-order chi connectivity index (χ1) is 13.3. The average molecular weight is 525 g/mol. The number of nitrogens with one attached hydrogen (secondary N) is 2. The minimum Gasteiger partial charge on any atom is -0.336 e. The Labute approximate surface area is 187 Å². The van der Waals surface area contributed by atoms with Crippen LogP contribution in [0.25, 0.3) is 0 Å². The molecular formula is C21H23Br2N3OS. The summed E-state index contributed by atoms with van der Waals surface area (Å²) in [6.45, 7) is 4.21. The predicted octanol–water partition coefficient (Wildman–Crippen LogP) is 5.54. The fourth-order valence-corrected chi connectivity index (χ4v) is 4.91. The lowest BCUT2D eigenvalue weighted by atomic mass is 9.98. The smallest absolute Gasteiger partial charge is 0.238 e. The number of rotatable bonds is 8. The molecule has 1 amide bonds. The Kier molecular flexibility index (Phi) is 6.98. The summed E-state index contributed by atoms with van der Waals surface area (Å²) in [5.74, 6) is 0.256. The Morgan fingerprint density at radius 2 is 1.93 bits per heavy atom. The highest BCUT2D eigenvalue weighted by molar-refractivity contribution is 9.10. The molecule has 0 spiro atoms. The summed E-state index contributed by atoms with van der Waals surface area (Å²) in [5.41, 5.74) is 0.438. The summed E-state index contributed by atoms with van der Waals surface area (Å²) >= 11 is 8.68. The zero-order valence-electron chi connectivity index (χ0n) is 15.8. The van der Waals surface area contributed by atoms with Gasteiger partial charge in [0.25, 0.3) is 0 Å². The summed E-state index contributed by atoms with van der Waals surface area (Å²) in [7, 11) is 0. The molecule has 0 radical (unpaired) electrons. The van der Waals surface area contributed by atoms with E-state index in [4.69, 9.17) is 0 Å². The van der Waals surface area contributed by atoms with E-state index in [1.807, 2.05) is 12.1 Å². The molecule has 148 valence electrons. The zero-order valence-corrected chi connectivity index (χ0v) is 19.8. The molecular weight excluding hydrogens is 502 g/mol. The minimum absolute atomic E-state index is 0.0921. The summed E-state index contributed by atoms with van der Waals surface area (Å²) in [6.07, 6.45) is 2.17. The van der Waals surface area contributed by atoms with Gasteiger partial charge in [0.05, 0.1) is 18.2 Å². The number of amides is 1. The van der Waals surface area contributed by atoms with Crippen molar-refractivity contribution in [1.82, 2.24) is 10.6 Å². The van der Waals surface area contributed by atoms with Crippen molar-refractivity contribution >= 4 is 49.1 Å². The maximum absolute atomic E-state index is 13.0. The first kappa shape index (κ1) is 21.5. The van der Waals surface area contributed by atoms with Gasteiger partial charge in [-0.1, -0.05) is 41.9 Å². The molecule has 1 unspecified atom stereocenters. The molecule has 0 bridgehead atoms. The van der Waals surface area contributed by atoms with Gasteiger partial charge in [-0.2, -0.15) is 5.26 Å². The quantitative estimate of drug-likeness (QED) is 0.476. The minimum atomic E-state index is -0.660. The van der Waals surface area contributed by atoms with Crippen molar-refractivity contribution in [3.05, 3.63) is 55.1 Å². The Hall–Kier alpha value is -1.20. The molecule has 2 atom stereocenters. The SMILES string of the molecule is CC(C)CC(N[C@@H](c1ccc(Br)cc1)c1cc(Br)cs1)C(=O)NC1(C#N)CC1. The lowest BCUT2D eigenvalue weighted by Crippen LogP contribution is -2.50. The van der Waals surface area contributed by atoms with Crippen molar-refractivity contribution in [2.24, 2.45) is 5.92 Å². The molecule has 1 saturated carbocycles. The van der Waals surface area contributed by atoms with Gasteiger partial charge in [-0.05, 0) is 64.9 Å². The molecule has 1 aliphatic carbocycles. The van der Waals surface area contributed by atoms with Crippen LogP contribution in [0.15, 0.2) is 44.7 Å². The van der Waals surface area contributed by atoms with E-state index in [0.717, 1.165) is 32.2 Å². The van der Waals surface area contributed by atoms with Crippen LogP contribution in [0.4, 0.5) is 0 Å². The largest absolute Gasteiger partial charge is 0.336 e. The van der Waals surface area contributed by atoms with E-state index in [1.165, 1.54) is 0 Å². The van der Waals surface area contributed by atoms with Crippen LogP contribution >= 0.6 is 43.2 Å². The second-order valence-corrected chi connectivity index (χ2v) is 10.5. The Bertz CT molecular complexity index is 869. The van der Waals surface area contributed by atoms with E-state index in [1.54, 1.807) is 11.3 Å². The summed E-state index contributed by atoms with van der Waals surface area (Å²) in [4.78, 5) is 14.1.